The first-order chi connectivity index (χ1) is 14.8. The van der Waals surface area contributed by atoms with Crippen molar-refractivity contribution in [3.63, 3.8) is 0 Å². The maximum Gasteiger partial charge on any atom is 0.343 e. The van der Waals surface area contributed by atoms with Crippen molar-refractivity contribution in [2.24, 2.45) is 0 Å². The fraction of sp³-hybridized carbons (Fsp3) is 0.318. The van der Waals surface area contributed by atoms with Gasteiger partial charge in [0, 0.05) is 28.6 Å². The van der Waals surface area contributed by atoms with Gasteiger partial charge in [0.2, 0.25) is 0 Å². The number of nitro benzene ring substituents is 1. The third-order valence-electron chi connectivity index (χ3n) is 6.27. The van der Waals surface area contributed by atoms with Crippen molar-refractivity contribution in [2.75, 3.05) is 0 Å². The van der Waals surface area contributed by atoms with E-state index in [0.29, 0.717) is 28.7 Å². The highest BCUT2D eigenvalue weighted by molar-refractivity contribution is 5.89. The van der Waals surface area contributed by atoms with Gasteiger partial charge in [0.05, 0.1) is 33.9 Å². The first kappa shape index (κ1) is 19.4. The number of esters is 1. The van der Waals surface area contributed by atoms with Crippen molar-refractivity contribution in [2.45, 2.75) is 45.4 Å². The molecule has 0 fully saturated rings. The number of nitro groups is 1. The number of hydrogen-bond acceptors (Lipinski definition) is 7. The van der Waals surface area contributed by atoms with Gasteiger partial charge in [0.15, 0.2) is 5.60 Å². The molecule has 2 aromatic heterocycles. The van der Waals surface area contributed by atoms with Crippen molar-refractivity contribution in [1.82, 2.24) is 9.55 Å². The highest BCUT2D eigenvalue weighted by Crippen LogP contribution is 2.39. The summed E-state index contributed by atoms with van der Waals surface area (Å²) in [6.45, 7) is 3.62. The number of cyclic esters (lactones) is 1. The number of non-ortho nitro benzene ring substituents is 1. The number of fused-ring (bicyclic) bond motifs is 5. The molecule has 0 bridgehead atoms. The summed E-state index contributed by atoms with van der Waals surface area (Å²) in [5, 5.41) is 22.9. The summed E-state index contributed by atoms with van der Waals surface area (Å²) in [6, 6.07) is 6.48. The van der Waals surface area contributed by atoms with E-state index in [1.165, 1.54) is 12.1 Å². The molecule has 1 N–H and O–H groups in total. The van der Waals surface area contributed by atoms with Crippen molar-refractivity contribution in [3.05, 3.63) is 67.0 Å². The molecule has 2 aliphatic rings. The van der Waals surface area contributed by atoms with Crippen LogP contribution in [0.4, 0.5) is 5.69 Å². The zero-order chi connectivity index (χ0) is 22.1. The van der Waals surface area contributed by atoms with Gasteiger partial charge in [-0.15, -0.1) is 0 Å². The zero-order valence-electron chi connectivity index (χ0n) is 17.0. The van der Waals surface area contributed by atoms with Crippen LogP contribution in [0.15, 0.2) is 29.1 Å². The quantitative estimate of drug-likeness (QED) is 0.306. The topological polar surface area (TPSA) is 125 Å². The lowest BCUT2D eigenvalue weighted by Crippen LogP contribution is -2.44. The summed E-state index contributed by atoms with van der Waals surface area (Å²) < 4.78 is 6.62. The van der Waals surface area contributed by atoms with Crippen LogP contribution >= 0.6 is 0 Å². The van der Waals surface area contributed by atoms with Gasteiger partial charge in [-0.05, 0) is 30.5 Å². The number of rotatable bonds is 3. The second-order valence-corrected chi connectivity index (χ2v) is 7.89. The second-order valence-electron chi connectivity index (χ2n) is 7.89. The minimum Gasteiger partial charge on any atom is -0.458 e. The number of nitrogens with zero attached hydrogens (tertiary/aromatic N) is 3. The summed E-state index contributed by atoms with van der Waals surface area (Å²) in [5.74, 6) is -0.767. The number of aromatic nitrogens is 2. The predicted octanol–water partition coefficient (Wildman–Crippen LogP) is 2.55. The molecule has 158 valence electrons. The van der Waals surface area contributed by atoms with Crippen LogP contribution < -0.4 is 5.56 Å². The average molecular weight is 421 g/mol. The van der Waals surface area contributed by atoms with Crippen LogP contribution in [0.5, 0.6) is 0 Å². The summed E-state index contributed by atoms with van der Waals surface area (Å²) in [7, 11) is 0. The summed E-state index contributed by atoms with van der Waals surface area (Å²) in [6.07, 6.45) is 0.631. The van der Waals surface area contributed by atoms with E-state index < -0.39 is 16.5 Å². The Morgan fingerprint density at radius 2 is 2.03 bits per heavy atom. The molecular weight excluding hydrogens is 402 g/mol. The van der Waals surface area contributed by atoms with Crippen LogP contribution in [0, 0.1) is 10.1 Å². The van der Waals surface area contributed by atoms with Gasteiger partial charge in [0.25, 0.3) is 11.2 Å². The van der Waals surface area contributed by atoms with E-state index >= 15 is 0 Å². The Bertz CT molecular complexity index is 1380. The fourth-order valence-electron chi connectivity index (χ4n) is 4.53. The monoisotopic (exact) mass is 421 g/mol. The number of pyridine rings is 2. The van der Waals surface area contributed by atoms with Gasteiger partial charge in [-0.3, -0.25) is 14.9 Å². The van der Waals surface area contributed by atoms with Crippen LogP contribution in [0.3, 0.4) is 0 Å². The molecule has 0 radical (unpaired) electrons. The average Bonchev–Trinajstić information content (AvgIpc) is 3.12. The van der Waals surface area contributed by atoms with Crippen molar-refractivity contribution >= 4 is 22.6 Å². The van der Waals surface area contributed by atoms with Crippen LogP contribution in [0.25, 0.3) is 22.3 Å². The fourth-order valence-corrected chi connectivity index (χ4v) is 4.53. The lowest BCUT2D eigenvalue weighted by molar-refractivity contribution is -0.384. The first-order valence-corrected chi connectivity index (χ1v) is 10.1. The Morgan fingerprint density at radius 1 is 1.26 bits per heavy atom. The van der Waals surface area contributed by atoms with E-state index in [4.69, 9.17) is 9.72 Å². The zero-order valence-corrected chi connectivity index (χ0v) is 17.0. The van der Waals surface area contributed by atoms with Crippen molar-refractivity contribution in [1.29, 1.82) is 0 Å². The Labute approximate surface area is 176 Å². The Balaban J connectivity index is 1.79. The molecule has 5 rings (SSSR count). The minimum absolute atomic E-state index is 0.00193. The Hall–Kier alpha value is -3.59. The molecule has 0 aliphatic carbocycles. The molecule has 9 heteroatoms. The second kappa shape index (κ2) is 6.45. The first-order valence-electron chi connectivity index (χ1n) is 10.1. The third kappa shape index (κ3) is 2.56. The maximum absolute atomic E-state index is 13.2. The van der Waals surface area contributed by atoms with Crippen LogP contribution in [-0.4, -0.2) is 25.6 Å². The van der Waals surface area contributed by atoms with Gasteiger partial charge in [-0.25, -0.2) is 9.78 Å². The highest BCUT2D eigenvalue weighted by atomic mass is 16.6. The molecule has 0 amide bonds. The number of aryl methyl sites for hydroxylation is 1. The van der Waals surface area contributed by atoms with Gasteiger partial charge in [-0.1, -0.05) is 13.8 Å². The van der Waals surface area contributed by atoms with E-state index in [9.17, 15) is 24.8 Å². The molecule has 0 spiro atoms. The van der Waals surface area contributed by atoms with Gasteiger partial charge < -0.3 is 14.4 Å². The number of benzene rings is 1. The molecule has 1 atom stereocenters. The van der Waals surface area contributed by atoms with E-state index in [1.54, 1.807) is 17.6 Å². The maximum atomic E-state index is 13.2. The van der Waals surface area contributed by atoms with Gasteiger partial charge in [-0.2, -0.15) is 0 Å². The van der Waals surface area contributed by atoms with Crippen LogP contribution in [0.1, 0.15) is 42.5 Å². The number of carbonyl (C=O) groups excluding carboxylic acids is 1. The molecule has 9 nitrogen and oxygen atoms in total. The highest BCUT2D eigenvalue weighted by Gasteiger charge is 2.45. The third-order valence-corrected chi connectivity index (χ3v) is 6.27. The van der Waals surface area contributed by atoms with Crippen molar-refractivity contribution < 1.29 is 19.6 Å². The smallest absolute Gasteiger partial charge is 0.343 e. The lowest BCUT2D eigenvalue weighted by atomic mass is 9.86. The van der Waals surface area contributed by atoms with Gasteiger partial charge in [0.1, 0.15) is 6.61 Å². The van der Waals surface area contributed by atoms with Crippen LogP contribution in [0.2, 0.25) is 0 Å². The largest absolute Gasteiger partial charge is 0.458 e. The molecule has 0 saturated carbocycles. The number of carbonyl (C=O) groups is 1. The van der Waals surface area contributed by atoms with Gasteiger partial charge >= 0.3 is 5.97 Å². The Kier molecular flexibility index (Phi) is 4.03. The molecule has 3 aromatic rings. The molecular formula is C22H19N3O6. The molecule has 2 aliphatic heterocycles. The number of hydrogen-bond donors (Lipinski definition) is 1. The van der Waals surface area contributed by atoms with Crippen LogP contribution in [-0.2, 0) is 34.7 Å². The van der Waals surface area contributed by atoms with Crippen molar-refractivity contribution in [3.8, 4) is 11.4 Å². The standard InChI is InChI=1S/C22H19N3O6/c1-3-11-6-14(25(29)30)7-12-5-13-9-24-17(19(13)23-18(11)12)8-16-15(20(24)26)10-31-21(27)22(16,28)4-2/h5-8,28H,3-4,9-10H2,1-2H3/t22-/m0/s1. The number of ether oxygens (including phenoxy) is 1. The molecule has 0 unspecified atom stereocenters. The lowest BCUT2D eigenvalue weighted by Gasteiger charge is -2.31. The molecule has 0 saturated heterocycles. The summed E-state index contributed by atoms with van der Waals surface area (Å²) in [5.41, 5.74) is 1.52. The SMILES string of the molecule is CCc1cc([N+](=O)[O-])cc2cc3c(nc12)-c1cc2c(c(=O)n1C3)COC(=O)[C@]2(O)CC. The van der Waals surface area contributed by atoms with E-state index in [-0.39, 0.29) is 41.9 Å². The Morgan fingerprint density at radius 3 is 2.71 bits per heavy atom. The number of aliphatic hydroxyl groups is 1. The summed E-state index contributed by atoms with van der Waals surface area (Å²) in [4.78, 5) is 41.1. The normalized spacial score (nSPS) is 19.0. The van der Waals surface area contributed by atoms with E-state index in [0.717, 1.165) is 11.1 Å². The predicted molar refractivity (Wildman–Crippen MR) is 111 cm³/mol. The van der Waals surface area contributed by atoms with E-state index in [1.807, 2.05) is 13.0 Å². The molecule has 31 heavy (non-hydrogen) atoms. The molecule has 1 aromatic carbocycles. The summed E-state index contributed by atoms with van der Waals surface area (Å²) >= 11 is 0. The van der Waals surface area contributed by atoms with E-state index in [2.05, 4.69) is 0 Å². The minimum atomic E-state index is -1.88. The molecule has 4 heterocycles.